The van der Waals surface area contributed by atoms with E-state index in [2.05, 4.69) is 5.32 Å². The van der Waals surface area contributed by atoms with Gasteiger partial charge in [-0.3, -0.25) is 4.79 Å². The van der Waals surface area contributed by atoms with Gasteiger partial charge in [0.25, 0.3) is 0 Å². The highest BCUT2D eigenvalue weighted by Gasteiger charge is 2.39. The van der Waals surface area contributed by atoms with Crippen LogP contribution in [0.4, 0.5) is 0 Å². The molecule has 0 radical (unpaired) electrons. The molecule has 0 fully saturated rings. The zero-order valence-electron chi connectivity index (χ0n) is 8.50. The van der Waals surface area contributed by atoms with Crippen molar-refractivity contribution in [2.24, 2.45) is 0 Å². The van der Waals surface area contributed by atoms with Crippen LogP contribution in [0.1, 0.15) is 26.7 Å². The van der Waals surface area contributed by atoms with Crippen LogP contribution in [0.3, 0.4) is 0 Å². The smallest absolute Gasteiger partial charge is 0.335 e. The first-order valence-corrected chi connectivity index (χ1v) is 4.74. The van der Waals surface area contributed by atoms with E-state index in [0.717, 1.165) is 6.42 Å². The highest BCUT2D eigenvalue weighted by atomic mass is 16.5. The number of amides is 1. The summed E-state index contributed by atoms with van der Waals surface area (Å²) in [5.41, 5.74) is -0.915. The standard InChI is InChI=1S/C10H15NO3/c1-3-14-9(13)10(11-8(2)12)6-4-5-7-10/h4,6H,3,5,7H2,1-2H3,(H,11,12). The Morgan fingerprint density at radius 2 is 2.29 bits per heavy atom. The third-order valence-electron chi connectivity index (χ3n) is 2.15. The van der Waals surface area contributed by atoms with Crippen molar-refractivity contribution in [3.63, 3.8) is 0 Å². The molecule has 0 bridgehead atoms. The van der Waals surface area contributed by atoms with Gasteiger partial charge in [0.2, 0.25) is 5.91 Å². The number of hydrogen-bond acceptors (Lipinski definition) is 3. The molecule has 1 rings (SSSR count). The molecule has 1 N–H and O–H groups in total. The number of rotatable bonds is 3. The molecule has 0 aliphatic heterocycles. The topological polar surface area (TPSA) is 55.4 Å². The second-order valence-corrected chi connectivity index (χ2v) is 3.31. The minimum absolute atomic E-state index is 0.218. The molecule has 14 heavy (non-hydrogen) atoms. The van der Waals surface area contributed by atoms with Crippen LogP contribution in [0.15, 0.2) is 12.2 Å². The van der Waals surface area contributed by atoms with Crippen LogP contribution < -0.4 is 5.32 Å². The Labute approximate surface area is 83.3 Å². The molecule has 0 aromatic rings. The second kappa shape index (κ2) is 4.26. The molecule has 0 saturated carbocycles. The van der Waals surface area contributed by atoms with Gasteiger partial charge in [0.1, 0.15) is 0 Å². The molecule has 1 atom stereocenters. The van der Waals surface area contributed by atoms with E-state index >= 15 is 0 Å². The predicted molar refractivity (Wildman–Crippen MR) is 51.6 cm³/mol. The number of hydrogen-bond donors (Lipinski definition) is 1. The molecular weight excluding hydrogens is 182 g/mol. The molecular formula is C10H15NO3. The van der Waals surface area contributed by atoms with E-state index < -0.39 is 5.54 Å². The van der Waals surface area contributed by atoms with Crippen LogP contribution in [-0.4, -0.2) is 24.0 Å². The fraction of sp³-hybridized carbons (Fsp3) is 0.600. The minimum Gasteiger partial charge on any atom is -0.464 e. The number of ether oxygens (including phenoxy) is 1. The summed E-state index contributed by atoms with van der Waals surface area (Å²) in [6, 6.07) is 0. The average molecular weight is 197 g/mol. The van der Waals surface area contributed by atoms with Gasteiger partial charge in [0.05, 0.1) is 6.61 Å². The Hall–Kier alpha value is -1.32. The van der Waals surface area contributed by atoms with E-state index in [1.165, 1.54) is 6.92 Å². The first-order valence-electron chi connectivity index (χ1n) is 4.74. The van der Waals surface area contributed by atoms with Crippen molar-refractivity contribution in [1.29, 1.82) is 0 Å². The van der Waals surface area contributed by atoms with E-state index in [1.54, 1.807) is 13.0 Å². The maximum absolute atomic E-state index is 11.6. The Morgan fingerprint density at radius 1 is 1.57 bits per heavy atom. The normalized spacial score (nSPS) is 24.7. The molecule has 78 valence electrons. The summed E-state index contributed by atoms with van der Waals surface area (Å²) in [7, 11) is 0. The lowest BCUT2D eigenvalue weighted by molar-refractivity contribution is -0.150. The van der Waals surface area contributed by atoms with Gasteiger partial charge in [0, 0.05) is 6.92 Å². The fourth-order valence-corrected chi connectivity index (χ4v) is 1.58. The summed E-state index contributed by atoms with van der Waals surface area (Å²) in [6.45, 7) is 3.47. The monoisotopic (exact) mass is 197 g/mol. The Morgan fingerprint density at radius 3 is 2.71 bits per heavy atom. The first kappa shape index (κ1) is 10.8. The second-order valence-electron chi connectivity index (χ2n) is 3.31. The van der Waals surface area contributed by atoms with E-state index in [4.69, 9.17) is 4.74 Å². The Bertz CT molecular complexity index is 273. The predicted octanol–water partition coefficient (Wildman–Crippen LogP) is 0.774. The number of carbonyl (C=O) groups is 2. The van der Waals surface area contributed by atoms with Crippen molar-refractivity contribution in [1.82, 2.24) is 5.32 Å². The highest BCUT2D eigenvalue weighted by Crippen LogP contribution is 2.24. The van der Waals surface area contributed by atoms with Crippen molar-refractivity contribution < 1.29 is 14.3 Å². The summed E-state index contributed by atoms with van der Waals surface area (Å²) < 4.78 is 4.93. The maximum Gasteiger partial charge on any atom is 0.335 e. The van der Waals surface area contributed by atoms with Crippen LogP contribution in [0.5, 0.6) is 0 Å². The lowest BCUT2D eigenvalue weighted by Gasteiger charge is -2.25. The quantitative estimate of drug-likeness (QED) is 0.537. The van der Waals surface area contributed by atoms with E-state index in [-0.39, 0.29) is 11.9 Å². The van der Waals surface area contributed by atoms with Gasteiger partial charge >= 0.3 is 5.97 Å². The Kier molecular flexibility index (Phi) is 3.28. The third-order valence-corrected chi connectivity index (χ3v) is 2.15. The summed E-state index contributed by atoms with van der Waals surface area (Å²) >= 11 is 0. The van der Waals surface area contributed by atoms with Gasteiger partial charge in [-0.15, -0.1) is 0 Å². The molecule has 4 nitrogen and oxygen atoms in total. The summed E-state index contributed by atoms with van der Waals surface area (Å²) in [4.78, 5) is 22.6. The van der Waals surface area contributed by atoms with Crippen LogP contribution in [0, 0.1) is 0 Å². The lowest BCUT2D eigenvalue weighted by Crippen LogP contribution is -2.52. The zero-order valence-corrected chi connectivity index (χ0v) is 8.50. The van der Waals surface area contributed by atoms with Crippen LogP contribution in [-0.2, 0) is 14.3 Å². The molecule has 0 spiro atoms. The Balaban J connectivity index is 2.76. The summed E-state index contributed by atoms with van der Waals surface area (Å²) in [5.74, 6) is -0.589. The van der Waals surface area contributed by atoms with E-state index in [1.807, 2.05) is 6.08 Å². The van der Waals surface area contributed by atoms with Gasteiger partial charge < -0.3 is 10.1 Å². The van der Waals surface area contributed by atoms with Crippen molar-refractivity contribution >= 4 is 11.9 Å². The molecule has 1 aliphatic rings. The van der Waals surface area contributed by atoms with Crippen molar-refractivity contribution in [3.8, 4) is 0 Å². The molecule has 0 aromatic carbocycles. The van der Waals surface area contributed by atoms with Gasteiger partial charge in [-0.25, -0.2) is 4.79 Å². The molecule has 1 amide bonds. The van der Waals surface area contributed by atoms with E-state index in [9.17, 15) is 9.59 Å². The SMILES string of the molecule is CCOC(=O)C1(NC(C)=O)C=CCC1. The molecule has 1 aliphatic carbocycles. The average Bonchev–Trinajstić information content (AvgIpc) is 2.53. The maximum atomic E-state index is 11.6. The summed E-state index contributed by atoms with van der Waals surface area (Å²) in [5, 5.41) is 2.64. The number of esters is 1. The van der Waals surface area contributed by atoms with Crippen molar-refractivity contribution in [2.75, 3.05) is 6.61 Å². The largest absolute Gasteiger partial charge is 0.464 e. The molecule has 1 unspecified atom stereocenters. The fourth-order valence-electron chi connectivity index (χ4n) is 1.58. The highest BCUT2D eigenvalue weighted by molar-refractivity contribution is 5.89. The summed E-state index contributed by atoms with van der Waals surface area (Å²) in [6.07, 6.45) is 4.98. The van der Waals surface area contributed by atoms with Gasteiger partial charge in [-0.05, 0) is 19.8 Å². The zero-order chi connectivity index (χ0) is 10.6. The minimum atomic E-state index is -0.915. The van der Waals surface area contributed by atoms with Crippen molar-refractivity contribution in [3.05, 3.63) is 12.2 Å². The van der Waals surface area contributed by atoms with Gasteiger partial charge in [0.15, 0.2) is 5.54 Å². The van der Waals surface area contributed by atoms with E-state index in [0.29, 0.717) is 13.0 Å². The number of carbonyl (C=O) groups excluding carboxylic acids is 2. The molecule has 0 heterocycles. The lowest BCUT2D eigenvalue weighted by atomic mass is 9.99. The van der Waals surface area contributed by atoms with Crippen LogP contribution >= 0.6 is 0 Å². The molecule has 0 saturated heterocycles. The number of nitrogens with one attached hydrogen (secondary N) is 1. The van der Waals surface area contributed by atoms with Crippen LogP contribution in [0.25, 0.3) is 0 Å². The van der Waals surface area contributed by atoms with Gasteiger partial charge in [-0.1, -0.05) is 12.2 Å². The third kappa shape index (κ3) is 2.13. The van der Waals surface area contributed by atoms with Gasteiger partial charge in [-0.2, -0.15) is 0 Å². The van der Waals surface area contributed by atoms with Crippen molar-refractivity contribution in [2.45, 2.75) is 32.2 Å². The number of allylic oxidation sites excluding steroid dienone is 1. The first-order chi connectivity index (χ1) is 6.60. The van der Waals surface area contributed by atoms with Crippen LogP contribution in [0.2, 0.25) is 0 Å². The molecule has 4 heteroatoms. The molecule has 0 aromatic heterocycles.